The smallest absolute Gasteiger partial charge is 0.312 e. The Kier molecular flexibility index (Phi) is 4.28. The molecule has 108 valence electrons. The Morgan fingerprint density at radius 1 is 1.58 bits per heavy atom. The van der Waals surface area contributed by atoms with Gasteiger partial charge in [-0.2, -0.15) is 10.9 Å². The zero-order valence-electron chi connectivity index (χ0n) is 11.2. The number of rotatable bonds is 2. The Hall–Kier alpha value is -0.520. The number of hydrogen-bond acceptors (Lipinski definition) is 3. The molecular weight excluding hydrogens is 289 g/mol. The molecule has 19 heavy (non-hydrogen) atoms. The fraction of sp³-hybridized carbons (Fsp3) is 0.615. The van der Waals surface area contributed by atoms with Gasteiger partial charge in [-0.25, -0.2) is 4.39 Å². The summed E-state index contributed by atoms with van der Waals surface area (Å²) in [6.45, 7) is 6.16. The van der Waals surface area contributed by atoms with E-state index in [1.165, 1.54) is 6.08 Å². The van der Waals surface area contributed by atoms with Gasteiger partial charge in [-0.15, -0.1) is 0 Å². The van der Waals surface area contributed by atoms with E-state index >= 15 is 0 Å². The molecule has 2 rings (SSSR count). The predicted octanol–water partition coefficient (Wildman–Crippen LogP) is 3.17. The number of thiol groups is 1. The highest BCUT2D eigenvalue weighted by Crippen LogP contribution is 2.51. The van der Waals surface area contributed by atoms with E-state index in [1.54, 1.807) is 5.41 Å². The summed E-state index contributed by atoms with van der Waals surface area (Å²) in [7, 11) is -0.791. The van der Waals surface area contributed by atoms with Crippen molar-refractivity contribution in [3.8, 4) is 0 Å². The van der Waals surface area contributed by atoms with Gasteiger partial charge in [0.05, 0.1) is 9.78 Å². The van der Waals surface area contributed by atoms with Crippen molar-refractivity contribution < 1.29 is 13.9 Å². The molecule has 0 aromatic rings. The molecule has 3 nitrogen and oxygen atoms in total. The van der Waals surface area contributed by atoms with Gasteiger partial charge in [-0.3, -0.25) is 10.1 Å². The van der Waals surface area contributed by atoms with E-state index in [9.17, 15) is 9.18 Å². The molecule has 0 amide bonds. The lowest BCUT2D eigenvalue weighted by Crippen LogP contribution is -2.33. The summed E-state index contributed by atoms with van der Waals surface area (Å²) < 4.78 is 19.1. The van der Waals surface area contributed by atoms with E-state index in [2.05, 4.69) is 5.32 Å². The molecule has 2 unspecified atom stereocenters. The third-order valence-electron chi connectivity index (χ3n) is 3.09. The Bertz CT molecular complexity index is 444. The first-order chi connectivity index (χ1) is 8.77. The molecule has 6 heteroatoms. The average Bonchev–Trinajstić information content (AvgIpc) is 2.84. The lowest BCUT2D eigenvalue weighted by Gasteiger charge is -2.22. The first kappa shape index (κ1) is 14.9. The van der Waals surface area contributed by atoms with Crippen LogP contribution in [-0.4, -0.2) is 24.0 Å². The first-order valence-electron chi connectivity index (χ1n) is 6.24. The summed E-state index contributed by atoms with van der Waals surface area (Å²) in [6, 6.07) is 0. The average molecular weight is 308 g/mol. The van der Waals surface area contributed by atoms with Gasteiger partial charge in [0.15, 0.2) is 6.23 Å². The molecule has 2 aliphatic rings. The van der Waals surface area contributed by atoms with Crippen LogP contribution in [0.25, 0.3) is 0 Å². The highest BCUT2D eigenvalue weighted by molar-refractivity contribution is 8.24. The maximum atomic E-state index is 13.2. The maximum absolute atomic E-state index is 13.2. The van der Waals surface area contributed by atoms with Crippen LogP contribution < -0.4 is 5.32 Å². The van der Waals surface area contributed by atoms with Gasteiger partial charge < -0.3 is 4.74 Å². The van der Waals surface area contributed by atoms with E-state index in [4.69, 9.17) is 16.3 Å². The Morgan fingerprint density at radius 2 is 2.26 bits per heavy atom. The normalized spacial score (nSPS) is 33.0. The topological polar surface area (TPSA) is 38.3 Å². The molecular formula is C13H19ClFNO2S. The van der Waals surface area contributed by atoms with Gasteiger partial charge in [-0.1, -0.05) is 11.6 Å². The van der Waals surface area contributed by atoms with Crippen molar-refractivity contribution in [1.29, 1.82) is 0 Å². The van der Waals surface area contributed by atoms with Crippen molar-refractivity contribution in [3.63, 3.8) is 0 Å². The lowest BCUT2D eigenvalue weighted by molar-refractivity contribution is -0.159. The number of hydrogen-bond donors (Lipinski definition) is 2. The third-order valence-corrected chi connectivity index (χ3v) is 6.11. The second-order valence-electron chi connectivity index (χ2n) is 5.83. The van der Waals surface area contributed by atoms with Crippen LogP contribution in [0.15, 0.2) is 21.7 Å². The monoisotopic (exact) mass is 307 g/mol. The minimum atomic E-state index is -0.791. The van der Waals surface area contributed by atoms with Gasteiger partial charge >= 0.3 is 5.97 Å². The highest BCUT2D eigenvalue weighted by Gasteiger charge is 2.35. The van der Waals surface area contributed by atoms with Crippen LogP contribution >= 0.6 is 22.5 Å². The second-order valence-corrected chi connectivity index (χ2v) is 8.79. The van der Waals surface area contributed by atoms with E-state index in [0.717, 1.165) is 0 Å². The predicted molar refractivity (Wildman–Crippen MR) is 77.9 cm³/mol. The molecule has 1 fully saturated rings. The Balaban J connectivity index is 1.91. The van der Waals surface area contributed by atoms with Crippen molar-refractivity contribution in [1.82, 2.24) is 5.32 Å². The highest BCUT2D eigenvalue weighted by atomic mass is 35.5. The van der Waals surface area contributed by atoms with Crippen molar-refractivity contribution in [3.05, 3.63) is 21.7 Å². The molecule has 0 bridgehead atoms. The summed E-state index contributed by atoms with van der Waals surface area (Å²) >= 11 is 6.04. The molecule has 0 spiro atoms. The fourth-order valence-electron chi connectivity index (χ4n) is 1.99. The van der Waals surface area contributed by atoms with Crippen molar-refractivity contribution in [2.45, 2.75) is 38.7 Å². The Labute approximate surface area is 120 Å². The quantitative estimate of drug-likeness (QED) is 0.608. The van der Waals surface area contributed by atoms with Crippen LogP contribution in [0.1, 0.15) is 27.2 Å². The largest absolute Gasteiger partial charge is 0.446 e. The third kappa shape index (κ3) is 3.52. The molecule has 0 radical (unpaired) electrons. The molecule has 2 heterocycles. The SMILES string of the molecule is CC(C)(C)C(=O)OC1C[C@H]([SH]2C=C(F)C=C2Cl)CN1. The van der Waals surface area contributed by atoms with Gasteiger partial charge in [0, 0.05) is 18.2 Å². The summed E-state index contributed by atoms with van der Waals surface area (Å²) in [5.41, 5.74) is -0.512. The first-order valence-corrected chi connectivity index (χ1v) is 8.10. The molecule has 0 saturated carbocycles. The number of carbonyl (C=O) groups is 1. The van der Waals surface area contributed by atoms with Crippen molar-refractivity contribution >= 4 is 28.5 Å². The summed E-state index contributed by atoms with van der Waals surface area (Å²) in [5, 5.41) is 4.98. The molecule has 0 aromatic carbocycles. The number of allylic oxidation sites excluding steroid dienone is 2. The van der Waals surface area contributed by atoms with Crippen molar-refractivity contribution in [2.24, 2.45) is 5.41 Å². The van der Waals surface area contributed by atoms with E-state index < -0.39 is 16.3 Å². The van der Waals surface area contributed by atoms with E-state index in [1.807, 2.05) is 20.8 Å². The Morgan fingerprint density at radius 3 is 2.79 bits per heavy atom. The maximum Gasteiger partial charge on any atom is 0.312 e. The van der Waals surface area contributed by atoms with Crippen LogP contribution in [-0.2, 0) is 9.53 Å². The van der Waals surface area contributed by atoms with Crippen LogP contribution in [0.3, 0.4) is 0 Å². The summed E-state index contributed by atoms with van der Waals surface area (Å²) in [4.78, 5) is 11.8. The van der Waals surface area contributed by atoms with Gasteiger partial charge in [0.25, 0.3) is 0 Å². The number of carbonyl (C=O) groups excluding carboxylic acids is 1. The molecule has 3 atom stereocenters. The number of esters is 1. The number of halogens is 2. The lowest BCUT2D eigenvalue weighted by atomic mass is 9.97. The van der Waals surface area contributed by atoms with Crippen LogP contribution in [0.4, 0.5) is 4.39 Å². The number of nitrogens with one attached hydrogen (secondary N) is 1. The van der Waals surface area contributed by atoms with Crippen LogP contribution in [0, 0.1) is 5.41 Å². The molecule has 0 aromatic heterocycles. The van der Waals surface area contributed by atoms with Gasteiger partial charge in [-0.05, 0) is 32.3 Å². The molecule has 2 aliphatic heterocycles. The molecule has 1 saturated heterocycles. The van der Waals surface area contributed by atoms with Crippen LogP contribution in [0.5, 0.6) is 0 Å². The number of ether oxygens (including phenoxy) is 1. The minimum Gasteiger partial charge on any atom is -0.446 e. The summed E-state index contributed by atoms with van der Waals surface area (Å²) in [6.07, 6.45) is 1.77. The van der Waals surface area contributed by atoms with E-state index in [-0.39, 0.29) is 23.3 Å². The zero-order chi connectivity index (χ0) is 14.2. The second kappa shape index (κ2) is 5.46. The minimum absolute atomic E-state index is 0.227. The standard InChI is InChI=1S/C13H19ClFNO2S/c1-13(2,3)12(17)18-11-5-9(6-16-11)19-7-8(15)4-10(19)14/h4,7,9,11,16,19H,5-6H2,1-3H3/t9-,11?/m0/s1. The van der Waals surface area contributed by atoms with Crippen LogP contribution in [0.2, 0.25) is 0 Å². The fourth-order valence-corrected chi connectivity index (χ4v) is 4.67. The zero-order valence-corrected chi connectivity index (χ0v) is 12.9. The molecule has 1 N–H and O–H groups in total. The summed E-state index contributed by atoms with van der Waals surface area (Å²) in [5.74, 6) is -0.487. The van der Waals surface area contributed by atoms with E-state index in [0.29, 0.717) is 17.3 Å². The van der Waals surface area contributed by atoms with Gasteiger partial charge in [0.2, 0.25) is 0 Å². The van der Waals surface area contributed by atoms with Gasteiger partial charge in [0.1, 0.15) is 5.83 Å². The molecule has 0 aliphatic carbocycles. The van der Waals surface area contributed by atoms with Crippen molar-refractivity contribution in [2.75, 3.05) is 6.54 Å².